The van der Waals surface area contributed by atoms with Crippen LogP contribution in [0.25, 0.3) is 0 Å². The van der Waals surface area contributed by atoms with Gasteiger partial charge >= 0.3 is 0 Å². The summed E-state index contributed by atoms with van der Waals surface area (Å²) in [5, 5.41) is 0. The summed E-state index contributed by atoms with van der Waals surface area (Å²) in [6.07, 6.45) is 3.35. The van der Waals surface area contributed by atoms with Crippen LogP contribution < -0.4 is 0 Å². The lowest BCUT2D eigenvalue weighted by molar-refractivity contribution is -0.142. The van der Waals surface area contributed by atoms with Gasteiger partial charge in [0.2, 0.25) is 11.8 Å². The molecule has 0 aliphatic rings. The first-order chi connectivity index (χ1) is 14.1. The Morgan fingerprint density at radius 1 is 1.07 bits per heavy atom. The van der Waals surface area contributed by atoms with E-state index in [4.69, 9.17) is 9.47 Å². The molecule has 0 bridgehead atoms. The van der Waals surface area contributed by atoms with E-state index < -0.39 is 0 Å². The molecule has 172 valence electrons. The van der Waals surface area contributed by atoms with Crippen LogP contribution in [0.2, 0.25) is 0 Å². The number of ether oxygens (including phenoxy) is 2. The zero-order valence-electron chi connectivity index (χ0n) is 19.9. The van der Waals surface area contributed by atoms with Crippen LogP contribution in [0.4, 0.5) is 0 Å². The number of rotatable bonds is 13. The van der Waals surface area contributed by atoms with Crippen molar-refractivity contribution in [1.29, 1.82) is 0 Å². The molecule has 1 heterocycles. The average Bonchev–Trinajstić information content (AvgIpc) is 3.04. The van der Waals surface area contributed by atoms with E-state index in [1.807, 2.05) is 29.9 Å². The zero-order chi connectivity index (χ0) is 22.7. The first kappa shape index (κ1) is 26.2. The molecule has 2 amide bonds. The minimum absolute atomic E-state index is 0.00251. The van der Waals surface area contributed by atoms with Crippen molar-refractivity contribution >= 4 is 11.8 Å². The van der Waals surface area contributed by atoms with Crippen molar-refractivity contribution in [3.63, 3.8) is 0 Å². The van der Waals surface area contributed by atoms with E-state index in [1.54, 1.807) is 24.0 Å². The van der Waals surface area contributed by atoms with Crippen molar-refractivity contribution in [1.82, 2.24) is 14.4 Å². The van der Waals surface area contributed by atoms with Gasteiger partial charge in [-0.05, 0) is 29.9 Å². The third-order valence-electron chi connectivity index (χ3n) is 5.05. The fourth-order valence-electron chi connectivity index (χ4n) is 3.65. The van der Waals surface area contributed by atoms with Crippen molar-refractivity contribution in [2.24, 2.45) is 18.4 Å². The summed E-state index contributed by atoms with van der Waals surface area (Å²) in [6, 6.07) is 3.95. The summed E-state index contributed by atoms with van der Waals surface area (Å²) in [4.78, 5) is 29.5. The van der Waals surface area contributed by atoms with Gasteiger partial charge in [0.05, 0.1) is 26.3 Å². The lowest BCUT2D eigenvalue weighted by Gasteiger charge is -2.29. The fourth-order valence-corrected chi connectivity index (χ4v) is 3.65. The van der Waals surface area contributed by atoms with Crippen molar-refractivity contribution in [2.45, 2.75) is 47.1 Å². The van der Waals surface area contributed by atoms with E-state index in [1.165, 1.54) is 0 Å². The highest BCUT2D eigenvalue weighted by Crippen LogP contribution is 2.26. The Balaban J connectivity index is 2.83. The van der Waals surface area contributed by atoms with Gasteiger partial charge in [-0.3, -0.25) is 9.59 Å². The van der Waals surface area contributed by atoms with E-state index in [9.17, 15) is 9.59 Å². The van der Waals surface area contributed by atoms with E-state index >= 15 is 0 Å². The van der Waals surface area contributed by atoms with Crippen LogP contribution in [-0.2, 0) is 32.7 Å². The molecule has 0 unspecified atom stereocenters. The van der Waals surface area contributed by atoms with E-state index in [-0.39, 0.29) is 29.7 Å². The maximum Gasteiger partial charge on any atom is 0.242 e. The van der Waals surface area contributed by atoms with Crippen LogP contribution >= 0.6 is 0 Å². The summed E-state index contributed by atoms with van der Waals surface area (Å²) in [5.74, 6) is 0.175. The lowest BCUT2D eigenvalue weighted by atomic mass is 9.84. The van der Waals surface area contributed by atoms with Crippen molar-refractivity contribution in [3.05, 3.63) is 24.0 Å². The first-order valence-corrected chi connectivity index (χ1v) is 10.7. The third kappa shape index (κ3) is 9.76. The van der Waals surface area contributed by atoms with Gasteiger partial charge in [0.25, 0.3) is 0 Å². The number of aryl methyl sites for hydroxylation is 1. The minimum Gasteiger partial charge on any atom is -0.383 e. The Kier molecular flexibility index (Phi) is 11.1. The molecule has 0 saturated heterocycles. The second kappa shape index (κ2) is 12.7. The number of carbonyl (C=O) groups excluding carboxylic acids is 2. The van der Waals surface area contributed by atoms with Gasteiger partial charge in [-0.2, -0.15) is 0 Å². The molecular formula is C23H41N3O4. The monoisotopic (exact) mass is 423 g/mol. The molecule has 0 spiro atoms. The number of carbonyl (C=O) groups is 2. The van der Waals surface area contributed by atoms with Gasteiger partial charge in [0.1, 0.15) is 0 Å². The van der Waals surface area contributed by atoms with Crippen LogP contribution in [0.15, 0.2) is 18.3 Å². The Bertz CT molecular complexity index is 651. The van der Waals surface area contributed by atoms with Crippen molar-refractivity contribution < 1.29 is 19.1 Å². The number of hydrogen-bond donors (Lipinski definition) is 0. The lowest BCUT2D eigenvalue weighted by Crippen LogP contribution is -2.45. The highest BCUT2D eigenvalue weighted by Gasteiger charge is 2.24. The highest BCUT2D eigenvalue weighted by molar-refractivity contribution is 5.85. The van der Waals surface area contributed by atoms with Crippen LogP contribution in [0.3, 0.4) is 0 Å². The quantitative estimate of drug-likeness (QED) is 0.489. The molecule has 1 rings (SSSR count). The normalized spacial score (nSPS) is 12.6. The van der Waals surface area contributed by atoms with Gasteiger partial charge in [-0.15, -0.1) is 0 Å². The SMILES string of the molecule is COCCN(CC(=O)N(CCOC)Cc1cccn1C)C(=O)C[C@H](C)CC(C)(C)C. The molecule has 0 aliphatic carbocycles. The maximum atomic E-state index is 13.1. The smallest absolute Gasteiger partial charge is 0.242 e. The molecule has 1 aromatic heterocycles. The molecule has 1 aromatic rings. The largest absolute Gasteiger partial charge is 0.383 e. The fraction of sp³-hybridized carbons (Fsp3) is 0.739. The molecule has 0 saturated carbocycles. The van der Waals surface area contributed by atoms with Gasteiger partial charge in [0, 0.05) is 52.7 Å². The Hall–Kier alpha value is -1.86. The Morgan fingerprint density at radius 3 is 2.17 bits per heavy atom. The molecule has 0 aromatic carbocycles. The van der Waals surface area contributed by atoms with Gasteiger partial charge in [-0.1, -0.05) is 27.7 Å². The number of amides is 2. The van der Waals surface area contributed by atoms with E-state index in [2.05, 4.69) is 27.7 Å². The first-order valence-electron chi connectivity index (χ1n) is 10.7. The topological polar surface area (TPSA) is 64.0 Å². The summed E-state index contributed by atoms with van der Waals surface area (Å²) in [7, 11) is 5.18. The summed E-state index contributed by atoms with van der Waals surface area (Å²) in [6.45, 7) is 10.9. The molecule has 0 aliphatic heterocycles. The molecule has 1 atom stereocenters. The summed E-state index contributed by atoms with van der Waals surface area (Å²) in [5.41, 5.74) is 1.20. The summed E-state index contributed by atoms with van der Waals surface area (Å²) >= 11 is 0. The van der Waals surface area contributed by atoms with Crippen LogP contribution in [-0.4, -0.2) is 73.2 Å². The molecule has 0 N–H and O–H groups in total. The second-order valence-electron chi connectivity index (χ2n) is 9.30. The molecule has 7 nitrogen and oxygen atoms in total. The van der Waals surface area contributed by atoms with Gasteiger partial charge < -0.3 is 23.8 Å². The molecule has 0 fully saturated rings. The highest BCUT2D eigenvalue weighted by atomic mass is 16.5. The molecule has 7 heteroatoms. The predicted molar refractivity (Wildman–Crippen MR) is 119 cm³/mol. The van der Waals surface area contributed by atoms with Crippen LogP contribution in [0.1, 0.15) is 46.2 Å². The number of nitrogens with zero attached hydrogens (tertiary/aromatic N) is 3. The minimum atomic E-state index is -0.0822. The number of methoxy groups -OCH3 is 2. The zero-order valence-corrected chi connectivity index (χ0v) is 19.9. The number of aromatic nitrogens is 1. The van der Waals surface area contributed by atoms with E-state index in [0.29, 0.717) is 39.3 Å². The molecule has 30 heavy (non-hydrogen) atoms. The predicted octanol–water partition coefficient (Wildman–Crippen LogP) is 2.94. The standard InChI is InChI=1S/C23H41N3O4/c1-19(16-23(2,3)4)15-21(27)26(12-14-30-7)18-22(28)25(11-13-29-6)17-20-9-8-10-24(20)5/h8-10,19H,11-18H2,1-7H3/t19-/m0/s1. The van der Waals surface area contributed by atoms with E-state index in [0.717, 1.165) is 12.1 Å². The Morgan fingerprint density at radius 2 is 1.67 bits per heavy atom. The van der Waals surface area contributed by atoms with Crippen molar-refractivity contribution in [3.8, 4) is 0 Å². The van der Waals surface area contributed by atoms with Crippen molar-refractivity contribution in [2.75, 3.05) is 47.1 Å². The number of hydrogen-bond acceptors (Lipinski definition) is 4. The summed E-state index contributed by atoms with van der Waals surface area (Å²) < 4.78 is 12.4. The third-order valence-corrected chi connectivity index (χ3v) is 5.05. The molecule has 0 radical (unpaired) electrons. The van der Waals surface area contributed by atoms with Gasteiger partial charge in [0.15, 0.2) is 0 Å². The Labute approximate surface area is 182 Å². The molecular weight excluding hydrogens is 382 g/mol. The maximum absolute atomic E-state index is 13.1. The average molecular weight is 424 g/mol. The second-order valence-corrected chi connectivity index (χ2v) is 9.30. The van der Waals surface area contributed by atoms with Crippen LogP contribution in [0, 0.1) is 11.3 Å². The van der Waals surface area contributed by atoms with Crippen LogP contribution in [0.5, 0.6) is 0 Å². The van der Waals surface area contributed by atoms with Gasteiger partial charge in [-0.25, -0.2) is 0 Å².